The molecule has 0 bridgehead atoms. The second-order valence-electron chi connectivity index (χ2n) is 8.15. The number of nitrogens with zero attached hydrogens (tertiary/aromatic N) is 2. The Labute approximate surface area is 172 Å². The molecule has 0 atom stereocenters. The minimum atomic E-state index is -0.480. The number of anilines is 2. The number of ether oxygens (including phenoxy) is 2. The van der Waals surface area contributed by atoms with E-state index in [-0.39, 0.29) is 5.91 Å². The van der Waals surface area contributed by atoms with E-state index >= 15 is 0 Å². The van der Waals surface area contributed by atoms with Crippen molar-refractivity contribution >= 4 is 17.3 Å². The molecule has 2 aromatic rings. The number of para-hydroxylation sites is 1. The van der Waals surface area contributed by atoms with Gasteiger partial charge in [0.2, 0.25) is 0 Å². The number of carbonyl (C=O) groups excluding carboxylic acids is 1. The van der Waals surface area contributed by atoms with Crippen molar-refractivity contribution in [2.75, 3.05) is 31.6 Å². The van der Waals surface area contributed by atoms with E-state index in [1.165, 1.54) is 11.1 Å². The summed E-state index contributed by atoms with van der Waals surface area (Å²) >= 11 is 0. The molecule has 1 N–H and O–H groups in total. The molecule has 0 unspecified atom stereocenters. The second-order valence-corrected chi connectivity index (χ2v) is 8.15. The van der Waals surface area contributed by atoms with Crippen LogP contribution in [0.3, 0.4) is 0 Å². The second kappa shape index (κ2) is 8.13. The van der Waals surface area contributed by atoms with E-state index in [9.17, 15) is 4.79 Å². The first-order valence-electron chi connectivity index (χ1n) is 10.4. The van der Waals surface area contributed by atoms with E-state index in [1.807, 2.05) is 17.0 Å². The Balaban J connectivity index is 1.49. The van der Waals surface area contributed by atoms with Gasteiger partial charge in [0, 0.05) is 43.5 Å². The molecule has 0 saturated carbocycles. The van der Waals surface area contributed by atoms with Gasteiger partial charge in [0.05, 0.1) is 13.2 Å². The first kappa shape index (κ1) is 19.9. The molecule has 3 heterocycles. The van der Waals surface area contributed by atoms with E-state index in [2.05, 4.69) is 49.3 Å². The van der Waals surface area contributed by atoms with Gasteiger partial charge in [-0.3, -0.25) is 9.78 Å². The number of rotatable bonds is 4. The smallest absolute Gasteiger partial charge is 0.272 e. The summed E-state index contributed by atoms with van der Waals surface area (Å²) in [6.07, 6.45) is 3.10. The molecule has 1 aromatic carbocycles. The van der Waals surface area contributed by atoms with Crippen molar-refractivity contribution in [1.82, 2.24) is 9.88 Å². The fraction of sp³-hybridized carbons (Fsp3) is 0.478. The molecule has 4 rings (SSSR count). The van der Waals surface area contributed by atoms with Crippen LogP contribution in [0.15, 0.2) is 36.5 Å². The van der Waals surface area contributed by atoms with Crippen molar-refractivity contribution in [1.29, 1.82) is 0 Å². The lowest BCUT2D eigenvalue weighted by molar-refractivity contribution is -0.181. The van der Waals surface area contributed by atoms with Crippen LogP contribution in [0, 0.1) is 6.92 Å². The number of piperidine rings is 1. The third kappa shape index (κ3) is 4.14. The van der Waals surface area contributed by atoms with Crippen molar-refractivity contribution in [3.63, 3.8) is 0 Å². The number of nitrogens with one attached hydrogen (secondary N) is 1. The molecule has 2 saturated heterocycles. The Morgan fingerprint density at radius 2 is 1.90 bits per heavy atom. The number of amides is 1. The van der Waals surface area contributed by atoms with E-state index in [1.54, 1.807) is 6.20 Å². The van der Waals surface area contributed by atoms with Crippen LogP contribution < -0.4 is 5.32 Å². The fourth-order valence-electron chi connectivity index (χ4n) is 4.11. The standard InChI is InChI=1S/C23H29N3O3/c1-16(2)19-6-4-5-17(3)21(19)25-18-7-10-24-20(15-18)22(27)26-11-8-23(9-12-26)28-13-14-29-23/h4-7,10,15-16H,8-9,11-14H2,1-3H3,(H,24,25). The Morgan fingerprint density at radius 3 is 2.59 bits per heavy atom. The number of likely N-dealkylation sites (tertiary alicyclic amines) is 1. The van der Waals surface area contributed by atoms with Gasteiger partial charge in [-0.25, -0.2) is 0 Å². The third-order valence-electron chi connectivity index (χ3n) is 5.80. The van der Waals surface area contributed by atoms with Gasteiger partial charge >= 0.3 is 0 Å². The van der Waals surface area contributed by atoms with Crippen LogP contribution in [0.1, 0.15) is 54.2 Å². The number of carbonyl (C=O) groups is 1. The Bertz CT molecular complexity index is 881. The average Bonchev–Trinajstić information content (AvgIpc) is 3.17. The predicted octanol–water partition coefficient (Wildman–Crippen LogP) is 4.24. The summed E-state index contributed by atoms with van der Waals surface area (Å²) in [6, 6.07) is 10.1. The molecule has 1 aromatic heterocycles. The van der Waals surface area contributed by atoms with Crippen molar-refractivity contribution in [3.05, 3.63) is 53.3 Å². The van der Waals surface area contributed by atoms with Crippen LogP contribution in [0.2, 0.25) is 0 Å². The first-order chi connectivity index (χ1) is 14.0. The van der Waals surface area contributed by atoms with E-state index in [4.69, 9.17) is 9.47 Å². The largest absolute Gasteiger partial charge is 0.355 e. The number of hydrogen-bond donors (Lipinski definition) is 1. The summed E-state index contributed by atoms with van der Waals surface area (Å²) < 4.78 is 11.5. The minimum absolute atomic E-state index is 0.0460. The van der Waals surface area contributed by atoms with Gasteiger partial charge in [0.25, 0.3) is 5.91 Å². The maximum absolute atomic E-state index is 13.0. The van der Waals surface area contributed by atoms with Gasteiger partial charge in [-0.2, -0.15) is 0 Å². The van der Waals surface area contributed by atoms with E-state index in [0.29, 0.717) is 50.8 Å². The molecular weight excluding hydrogens is 366 g/mol. The zero-order valence-electron chi connectivity index (χ0n) is 17.4. The van der Waals surface area contributed by atoms with Crippen LogP contribution in [0.4, 0.5) is 11.4 Å². The monoisotopic (exact) mass is 395 g/mol. The first-order valence-corrected chi connectivity index (χ1v) is 10.4. The molecule has 0 radical (unpaired) electrons. The number of pyridine rings is 1. The number of benzene rings is 1. The van der Waals surface area contributed by atoms with Gasteiger partial charge in [-0.1, -0.05) is 32.0 Å². The molecular formula is C23H29N3O3. The molecule has 6 heteroatoms. The number of aryl methyl sites for hydroxylation is 1. The Kier molecular flexibility index (Phi) is 5.56. The summed E-state index contributed by atoms with van der Waals surface area (Å²) in [5.41, 5.74) is 4.86. The van der Waals surface area contributed by atoms with Crippen LogP contribution in [-0.2, 0) is 9.47 Å². The maximum Gasteiger partial charge on any atom is 0.272 e. The molecule has 1 spiro atoms. The third-order valence-corrected chi connectivity index (χ3v) is 5.80. The van der Waals surface area contributed by atoms with Crippen LogP contribution in [-0.4, -0.2) is 47.9 Å². The molecule has 6 nitrogen and oxygen atoms in total. The fourth-order valence-corrected chi connectivity index (χ4v) is 4.11. The van der Waals surface area contributed by atoms with E-state index < -0.39 is 5.79 Å². The normalized spacial score (nSPS) is 18.4. The molecule has 2 fully saturated rings. The van der Waals surface area contributed by atoms with Gasteiger partial charge in [0.15, 0.2) is 5.79 Å². The average molecular weight is 396 g/mol. The quantitative estimate of drug-likeness (QED) is 0.839. The molecule has 2 aliphatic heterocycles. The minimum Gasteiger partial charge on any atom is -0.355 e. The summed E-state index contributed by atoms with van der Waals surface area (Å²) in [5, 5.41) is 3.51. The molecule has 2 aliphatic rings. The molecule has 29 heavy (non-hydrogen) atoms. The highest BCUT2D eigenvalue weighted by Crippen LogP contribution is 2.32. The van der Waals surface area contributed by atoms with Gasteiger partial charge in [-0.05, 0) is 36.1 Å². The van der Waals surface area contributed by atoms with Gasteiger partial charge in [0.1, 0.15) is 5.69 Å². The Morgan fingerprint density at radius 1 is 1.17 bits per heavy atom. The van der Waals surface area contributed by atoms with Crippen LogP contribution >= 0.6 is 0 Å². The Hall–Kier alpha value is -2.44. The van der Waals surface area contributed by atoms with Crippen LogP contribution in [0.25, 0.3) is 0 Å². The summed E-state index contributed by atoms with van der Waals surface area (Å²) in [6.45, 7) is 8.98. The highest BCUT2D eigenvalue weighted by atomic mass is 16.7. The number of aromatic nitrogens is 1. The number of hydrogen-bond acceptors (Lipinski definition) is 5. The molecule has 0 aliphatic carbocycles. The predicted molar refractivity (Wildman–Crippen MR) is 113 cm³/mol. The molecule has 1 amide bonds. The maximum atomic E-state index is 13.0. The van der Waals surface area contributed by atoms with Crippen molar-refractivity contribution in [3.8, 4) is 0 Å². The van der Waals surface area contributed by atoms with Crippen LogP contribution in [0.5, 0.6) is 0 Å². The lowest BCUT2D eigenvalue weighted by Gasteiger charge is -2.37. The van der Waals surface area contributed by atoms with Gasteiger partial charge in [-0.15, -0.1) is 0 Å². The lowest BCUT2D eigenvalue weighted by atomic mass is 9.98. The lowest BCUT2D eigenvalue weighted by Crippen LogP contribution is -2.47. The summed E-state index contributed by atoms with van der Waals surface area (Å²) in [7, 11) is 0. The molecule has 154 valence electrons. The van der Waals surface area contributed by atoms with Gasteiger partial charge < -0.3 is 19.7 Å². The van der Waals surface area contributed by atoms with Crippen molar-refractivity contribution in [2.24, 2.45) is 0 Å². The zero-order valence-corrected chi connectivity index (χ0v) is 17.4. The summed E-state index contributed by atoms with van der Waals surface area (Å²) in [5.74, 6) is -0.123. The van der Waals surface area contributed by atoms with Crippen molar-refractivity contribution < 1.29 is 14.3 Å². The highest BCUT2D eigenvalue weighted by Gasteiger charge is 2.41. The SMILES string of the molecule is Cc1cccc(C(C)C)c1Nc1ccnc(C(=O)N2CCC3(CC2)OCCO3)c1. The van der Waals surface area contributed by atoms with E-state index in [0.717, 1.165) is 11.4 Å². The topological polar surface area (TPSA) is 63.7 Å². The summed E-state index contributed by atoms with van der Waals surface area (Å²) in [4.78, 5) is 19.2. The highest BCUT2D eigenvalue weighted by molar-refractivity contribution is 5.93. The van der Waals surface area contributed by atoms with Crippen molar-refractivity contribution in [2.45, 2.75) is 45.3 Å². The zero-order chi connectivity index (χ0) is 20.4.